The van der Waals surface area contributed by atoms with Gasteiger partial charge in [0.25, 0.3) is 6.01 Å². The Kier molecular flexibility index (Phi) is 2.66. The molecular weight excluding hydrogens is 250 g/mol. The number of nitrogens with one attached hydrogen (secondary N) is 1. The van der Waals surface area contributed by atoms with E-state index in [9.17, 15) is 0 Å². The normalized spacial score (nSPS) is 16.2. The van der Waals surface area contributed by atoms with E-state index in [0.717, 1.165) is 11.1 Å². The maximum absolute atomic E-state index is 5.76. The molecule has 1 atom stereocenters. The van der Waals surface area contributed by atoms with E-state index in [1.54, 1.807) is 6.20 Å². The summed E-state index contributed by atoms with van der Waals surface area (Å²) in [5, 5.41) is 3.43. The fraction of sp³-hybridized carbons (Fsp3) is 0.250. The second-order valence-electron chi connectivity index (χ2n) is 5.23. The number of anilines is 1. The summed E-state index contributed by atoms with van der Waals surface area (Å²) in [7, 11) is 0. The summed E-state index contributed by atoms with van der Waals surface area (Å²) in [6.07, 6.45) is 6.20. The van der Waals surface area contributed by atoms with Gasteiger partial charge in [-0.1, -0.05) is 18.2 Å². The van der Waals surface area contributed by atoms with Crippen molar-refractivity contribution in [1.82, 2.24) is 9.97 Å². The van der Waals surface area contributed by atoms with Crippen molar-refractivity contribution in [3.8, 4) is 0 Å². The summed E-state index contributed by atoms with van der Waals surface area (Å²) in [6.45, 7) is 0. The second kappa shape index (κ2) is 4.63. The average molecular weight is 265 g/mol. The number of pyridine rings is 1. The van der Waals surface area contributed by atoms with E-state index in [2.05, 4.69) is 21.4 Å². The lowest BCUT2D eigenvalue weighted by atomic mass is 10.1. The number of hydrogen-bond acceptors (Lipinski definition) is 4. The summed E-state index contributed by atoms with van der Waals surface area (Å²) in [5.41, 5.74) is 2.89. The van der Waals surface area contributed by atoms with Gasteiger partial charge in [-0.25, -0.2) is 0 Å². The van der Waals surface area contributed by atoms with Gasteiger partial charge in [-0.15, -0.1) is 0 Å². The molecule has 1 saturated carbocycles. The second-order valence-corrected chi connectivity index (χ2v) is 5.23. The molecule has 4 heteroatoms. The molecule has 0 saturated heterocycles. The van der Waals surface area contributed by atoms with Crippen molar-refractivity contribution >= 4 is 17.1 Å². The van der Waals surface area contributed by atoms with Gasteiger partial charge in [-0.3, -0.25) is 4.98 Å². The van der Waals surface area contributed by atoms with Crippen LogP contribution in [0.1, 0.15) is 24.4 Å². The van der Waals surface area contributed by atoms with E-state index in [1.165, 1.54) is 18.4 Å². The molecule has 20 heavy (non-hydrogen) atoms. The minimum atomic E-state index is 0.233. The van der Waals surface area contributed by atoms with Crippen molar-refractivity contribution < 1.29 is 4.42 Å². The van der Waals surface area contributed by atoms with E-state index in [-0.39, 0.29) is 6.04 Å². The number of para-hydroxylation sites is 2. The first-order valence-electron chi connectivity index (χ1n) is 6.92. The smallest absolute Gasteiger partial charge is 0.296 e. The maximum Gasteiger partial charge on any atom is 0.296 e. The summed E-state index contributed by atoms with van der Waals surface area (Å²) >= 11 is 0. The molecule has 1 aliphatic rings. The van der Waals surface area contributed by atoms with Gasteiger partial charge in [-0.2, -0.15) is 4.98 Å². The van der Waals surface area contributed by atoms with Gasteiger partial charge >= 0.3 is 0 Å². The SMILES string of the molecule is c1cncc([C@@H](Nc2nc3ccccc3o2)C2CC2)c1. The molecule has 4 rings (SSSR count). The Balaban J connectivity index is 1.65. The third-order valence-electron chi connectivity index (χ3n) is 3.71. The van der Waals surface area contributed by atoms with Gasteiger partial charge in [0.1, 0.15) is 5.52 Å². The van der Waals surface area contributed by atoms with Crippen LogP contribution in [0.15, 0.2) is 53.2 Å². The lowest BCUT2D eigenvalue weighted by Crippen LogP contribution is -2.13. The standard InChI is InChI=1S/C16H15N3O/c1-2-6-14-13(5-1)18-16(20-14)19-15(11-7-8-11)12-4-3-9-17-10-12/h1-6,9-11,15H,7-8H2,(H,18,19)/t15-/m0/s1. The highest BCUT2D eigenvalue weighted by Crippen LogP contribution is 2.42. The Bertz CT molecular complexity index is 686. The van der Waals surface area contributed by atoms with Crippen molar-refractivity contribution in [3.05, 3.63) is 54.4 Å². The van der Waals surface area contributed by atoms with Gasteiger partial charge < -0.3 is 9.73 Å². The molecule has 100 valence electrons. The van der Waals surface area contributed by atoms with E-state index in [4.69, 9.17) is 4.42 Å². The number of benzene rings is 1. The van der Waals surface area contributed by atoms with Crippen LogP contribution >= 0.6 is 0 Å². The van der Waals surface area contributed by atoms with Crippen LogP contribution < -0.4 is 5.32 Å². The fourth-order valence-electron chi connectivity index (χ4n) is 2.53. The highest BCUT2D eigenvalue weighted by Gasteiger charge is 2.33. The predicted octanol–water partition coefficient (Wildman–Crippen LogP) is 3.79. The van der Waals surface area contributed by atoms with Crippen molar-refractivity contribution in [1.29, 1.82) is 0 Å². The first kappa shape index (κ1) is 11.5. The highest BCUT2D eigenvalue weighted by atomic mass is 16.4. The molecular formula is C16H15N3O. The Morgan fingerprint density at radius 2 is 2.05 bits per heavy atom. The van der Waals surface area contributed by atoms with Crippen LogP contribution in [0.5, 0.6) is 0 Å². The summed E-state index contributed by atoms with van der Waals surface area (Å²) in [6, 6.07) is 12.7. The van der Waals surface area contributed by atoms with Crippen LogP contribution in [-0.4, -0.2) is 9.97 Å². The third-order valence-corrected chi connectivity index (χ3v) is 3.71. The zero-order valence-electron chi connectivity index (χ0n) is 11.0. The molecule has 1 aliphatic carbocycles. The van der Waals surface area contributed by atoms with Crippen LogP contribution in [0.2, 0.25) is 0 Å². The average Bonchev–Trinajstić information content (AvgIpc) is 3.25. The summed E-state index contributed by atoms with van der Waals surface area (Å²) in [5.74, 6) is 0.647. The molecule has 2 aromatic heterocycles. The molecule has 0 unspecified atom stereocenters. The molecule has 1 fully saturated rings. The minimum absolute atomic E-state index is 0.233. The van der Waals surface area contributed by atoms with Crippen LogP contribution in [0.25, 0.3) is 11.1 Å². The number of rotatable bonds is 4. The number of nitrogens with zero attached hydrogens (tertiary/aromatic N) is 2. The van der Waals surface area contributed by atoms with E-state index < -0.39 is 0 Å². The number of aromatic nitrogens is 2. The molecule has 0 radical (unpaired) electrons. The lowest BCUT2D eigenvalue weighted by molar-refractivity contribution is 0.577. The maximum atomic E-state index is 5.76. The molecule has 0 spiro atoms. The predicted molar refractivity (Wildman–Crippen MR) is 77.3 cm³/mol. The Morgan fingerprint density at radius 1 is 1.15 bits per heavy atom. The topological polar surface area (TPSA) is 51.0 Å². The number of fused-ring (bicyclic) bond motifs is 1. The quantitative estimate of drug-likeness (QED) is 0.779. The first-order chi connectivity index (χ1) is 9.90. The van der Waals surface area contributed by atoms with E-state index in [1.807, 2.05) is 36.5 Å². The molecule has 4 nitrogen and oxygen atoms in total. The van der Waals surface area contributed by atoms with E-state index >= 15 is 0 Å². The largest absolute Gasteiger partial charge is 0.424 e. The Morgan fingerprint density at radius 3 is 2.80 bits per heavy atom. The van der Waals surface area contributed by atoms with Crippen LogP contribution in [-0.2, 0) is 0 Å². The zero-order valence-corrected chi connectivity index (χ0v) is 11.0. The van der Waals surface area contributed by atoms with Gasteiger partial charge in [0.2, 0.25) is 0 Å². The summed E-state index contributed by atoms with van der Waals surface area (Å²) in [4.78, 5) is 8.70. The third kappa shape index (κ3) is 2.13. The molecule has 1 aromatic carbocycles. The molecule has 2 heterocycles. The van der Waals surface area contributed by atoms with Gasteiger partial charge in [0.15, 0.2) is 5.58 Å². The van der Waals surface area contributed by atoms with Crippen LogP contribution in [0.4, 0.5) is 6.01 Å². The fourth-order valence-corrected chi connectivity index (χ4v) is 2.53. The van der Waals surface area contributed by atoms with E-state index in [0.29, 0.717) is 11.9 Å². The highest BCUT2D eigenvalue weighted by molar-refractivity contribution is 5.74. The molecule has 0 aliphatic heterocycles. The van der Waals surface area contributed by atoms with Crippen LogP contribution in [0, 0.1) is 5.92 Å². The first-order valence-corrected chi connectivity index (χ1v) is 6.92. The molecule has 1 N–H and O–H groups in total. The van der Waals surface area contributed by atoms with Gasteiger partial charge in [0, 0.05) is 12.4 Å². The monoisotopic (exact) mass is 265 g/mol. The number of hydrogen-bond donors (Lipinski definition) is 1. The number of oxazole rings is 1. The molecule has 0 bridgehead atoms. The zero-order chi connectivity index (χ0) is 13.4. The van der Waals surface area contributed by atoms with Gasteiger partial charge in [-0.05, 0) is 42.5 Å². The van der Waals surface area contributed by atoms with Crippen LogP contribution in [0.3, 0.4) is 0 Å². The lowest BCUT2D eigenvalue weighted by Gasteiger charge is -2.16. The van der Waals surface area contributed by atoms with Gasteiger partial charge in [0.05, 0.1) is 6.04 Å². The van der Waals surface area contributed by atoms with Crippen molar-refractivity contribution in [2.45, 2.75) is 18.9 Å². The minimum Gasteiger partial charge on any atom is -0.424 e. The van der Waals surface area contributed by atoms with Crippen molar-refractivity contribution in [2.75, 3.05) is 5.32 Å². The Labute approximate surface area is 116 Å². The molecule has 3 aromatic rings. The summed E-state index contributed by atoms with van der Waals surface area (Å²) < 4.78 is 5.76. The van der Waals surface area contributed by atoms with Crippen molar-refractivity contribution in [2.24, 2.45) is 5.92 Å². The Hall–Kier alpha value is -2.36. The molecule has 0 amide bonds. The van der Waals surface area contributed by atoms with Crippen molar-refractivity contribution in [3.63, 3.8) is 0 Å².